The molecule has 0 aliphatic carbocycles. The highest BCUT2D eigenvalue weighted by Gasteiger charge is 2.23. The van der Waals surface area contributed by atoms with E-state index in [0.717, 1.165) is 5.56 Å². The van der Waals surface area contributed by atoms with Crippen LogP contribution < -0.4 is 5.32 Å². The van der Waals surface area contributed by atoms with Crippen molar-refractivity contribution < 1.29 is 19.8 Å². The topological polar surface area (TPSA) is 89.9 Å². The third-order valence-corrected chi connectivity index (χ3v) is 3.12. The SMILES string of the molecule is CCC(CO)NC(=O)C(=O)N(CCO)Cc1ccccc1. The van der Waals surface area contributed by atoms with Crippen molar-refractivity contribution in [3.8, 4) is 0 Å². The van der Waals surface area contributed by atoms with Crippen LogP contribution in [-0.2, 0) is 16.1 Å². The fourth-order valence-corrected chi connectivity index (χ4v) is 1.84. The number of rotatable bonds is 7. The number of hydrogen-bond acceptors (Lipinski definition) is 4. The van der Waals surface area contributed by atoms with Crippen molar-refractivity contribution >= 4 is 11.8 Å². The highest BCUT2D eigenvalue weighted by atomic mass is 16.3. The van der Waals surface area contributed by atoms with E-state index >= 15 is 0 Å². The van der Waals surface area contributed by atoms with Crippen LogP contribution in [0.4, 0.5) is 0 Å². The van der Waals surface area contributed by atoms with Gasteiger partial charge < -0.3 is 20.4 Å². The molecule has 0 heterocycles. The summed E-state index contributed by atoms with van der Waals surface area (Å²) in [4.78, 5) is 25.3. The average molecular weight is 294 g/mol. The molecule has 0 bridgehead atoms. The van der Waals surface area contributed by atoms with E-state index in [1.54, 1.807) is 6.92 Å². The molecule has 3 N–H and O–H groups in total. The maximum atomic E-state index is 12.1. The minimum atomic E-state index is -0.764. The van der Waals surface area contributed by atoms with Gasteiger partial charge in [0.1, 0.15) is 0 Å². The molecule has 0 radical (unpaired) electrons. The first-order valence-corrected chi connectivity index (χ1v) is 6.97. The molecule has 0 aromatic heterocycles. The Morgan fingerprint density at radius 1 is 1.24 bits per heavy atom. The molecule has 0 saturated heterocycles. The van der Waals surface area contributed by atoms with Crippen molar-refractivity contribution in [3.63, 3.8) is 0 Å². The zero-order chi connectivity index (χ0) is 15.7. The molecule has 0 spiro atoms. The molecule has 21 heavy (non-hydrogen) atoms. The van der Waals surface area contributed by atoms with Crippen LogP contribution in [0.5, 0.6) is 0 Å². The molecule has 0 aliphatic rings. The summed E-state index contributed by atoms with van der Waals surface area (Å²) in [6, 6.07) is 8.80. The fourth-order valence-electron chi connectivity index (χ4n) is 1.84. The lowest BCUT2D eigenvalue weighted by atomic mass is 10.2. The van der Waals surface area contributed by atoms with Crippen LogP contribution in [0.15, 0.2) is 30.3 Å². The number of hydrogen-bond donors (Lipinski definition) is 3. The van der Waals surface area contributed by atoms with Gasteiger partial charge in [0.25, 0.3) is 0 Å². The number of carbonyl (C=O) groups is 2. The van der Waals surface area contributed by atoms with Gasteiger partial charge in [-0.05, 0) is 12.0 Å². The Balaban J connectivity index is 2.70. The van der Waals surface area contributed by atoms with E-state index in [2.05, 4.69) is 5.32 Å². The maximum absolute atomic E-state index is 12.1. The van der Waals surface area contributed by atoms with Gasteiger partial charge in [-0.25, -0.2) is 0 Å². The third-order valence-electron chi connectivity index (χ3n) is 3.12. The standard InChI is InChI=1S/C15H22N2O4/c1-2-13(11-19)16-14(20)15(21)17(8-9-18)10-12-6-4-3-5-7-12/h3-7,13,18-19H,2,8-11H2,1H3,(H,16,20). The summed E-state index contributed by atoms with van der Waals surface area (Å²) in [5, 5.41) is 20.6. The third kappa shape index (κ3) is 5.53. The Kier molecular flexibility index (Phi) is 7.42. The van der Waals surface area contributed by atoms with E-state index < -0.39 is 17.9 Å². The number of amides is 2. The molecule has 1 rings (SSSR count). The van der Waals surface area contributed by atoms with Gasteiger partial charge in [0, 0.05) is 13.1 Å². The van der Waals surface area contributed by atoms with Gasteiger partial charge >= 0.3 is 11.8 Å². The van der Waals surface area contributed by atoms with E-state index in [4.69, 9.17) is 10.2 Å². The summed E-state index contributed by atoms with van der Waals surface area (Å²) in [5.41, 5.74) is 0.876. The van der Waals surface area contributed by atoms with Crippen LogP contribution in [-0.4, -0.2) is 52.7 Å². The van der Waals surface area contributed by atoms with Gasteiger partial charge in [0.2, 0.25) is 0 Å². The second-order valence-electron chi connectivity index (χ2n) is 4.70. The number of nitrogens with zero attached hydrogens (tertiary/aromatic N) is 1. The predicted molar refractivity (Wildman–Crippen MR) is 78.3 cm³/mol. The molecule has 1 unspecified atom stereocenters. The van der Waals surface area contributed by atoms with Crippen LogP contribution in [0.3, 0.4) is 0 Å². The number of aliphatic hydroxyl groups excluding tert-OH is 2. The second-order valence-corrected chi connectivity index (χ2v) is 4.70. The Hall–Kier alpha value is -1.92. The van der Waals surface area contributed by atoms with Crippen molar-refractivity contribution in [1.29, 1.82) is 0 Å². The van der Waals surface area contributed by atoms with Crippen LogP contribution in [0.25, 0.3) is 0 Å². The van der Waals surface area contributed by atoms with Gasteiger partial charge in [-0.1, -0.05) is 37.3 Å². The Labute approximate surface area is 124 Å². The molecular weight excluding hydrogens is 272 g/mol. The molecule has 6 heteroatoms. The minimum absolute atomic E-state index is 0.0804. The number of carbonyl (C=O) groups excluding carboxylic acids is 2. The van der Waals surface area contributed by atoms with Gasteiger partial charge in [0.15, 0.2) is 0 Å². The van der Waals surface area contributed by atoms with E-state index in [-0.39, 0.29) is 26.3 Å². The lowest BCUT2D eigenvalue weighted by Gasteiger charge is -2.22. The van der Waals surface area contributed by atoms with Crippen molar-refractivity contribution in [1.82, 2.24) is 10.2 Å². The van der Waals surface area contributed by atoms with Crippen LogP contribution >= 0.6 is 0 Å². The molecule has 0 saturated carbocycles. The molecule has 2 amide bonds. The van der Waals surface area contributed by atoms with Gasteiger partial charge in [-0.2, -0.15) is 0 Å². The van der Waals surface area contributed by atoms with Crippen LogP contribution in [0.2, 0.25) is 0 Å². The number of aliphatic hydroxyl groups is 2. The molecule has 6 nitrogen and oxygen atoms in total. The van der Waals surface area contributed by atoms with Crippen molar-refractivity contribution in [3.05, 3.63) is 35.9 Å². The van der Waals surface area contributed by atoms with E-state index in [0.29, 0.717) is 6.42 Å². The Morgan fingerprint density at radius 2 is 1.90 bits per heavy atom. The van der Waals surface area contributed by atoms with Gasteiger partial charge in [-0.3, -0.25) is 9.59 Å². The van der Waals surface area contributed by atoms with E-state index in [9.17, 15) is 9.59 Å². The normalized spacial score (nSPS) is 11.8. The van der Waals surface area contributed by atoms with Crippen molar-refractivity contribution in [2.45, 2.75) is 25.9 Å². The zero-order valence-corrected chi connectivity index (χ0v) is 12.2. The van der Waals surface area contributed by atoms with Gasteiger partial charge in [0.05, 0.1) is 19.3 Å². The summed E-state index contributed by atoms with van der Waals surface area (Å²) in [5.74, 6) is -1.47. The number of benzene rings is 1. The molecular formula is C15H22N2O4. The monoisotopic (exact) mass is 294 g/mol. The zero-order valence-electron chi connectivity index (χ0n) is 12.2. The van der Waals surface area contributed by atoms with Crippen LogP contribution in [0, 0.1) is 0 Å². The van der Waals surface area contributed by atoms with E-state index in [1.807, 2.05) is 30.3 Å². The Morgan fingerprint density at radius 3 is 2.43 bits per heavy atom. The van der Waals surface area contributed by atoms with Crippen molar-refractivity contribution in [2.75, 3.05) is 19.8 Å². The largest absolute Gasteiger partial charge is 0.395 e. The molecule has 0 aliphatic heterocycles. The first-order chi connectivity index (χ1) is 10.1. The summed E-state index contributed by atoms with van der Waals surface area (Å²) in [6.45, 7) is 1.71. The summed E-state index contributed by atoms with van der Waals surface area (Å²) in [6.07, 6.45) is 0.536. The summed E-state index contributed by atoms with van der Waals surface area (Å²) >= 11 is 0. The molecule has 1 aromatic rings. The second kappa shape index (κ2) is 9.10. The highest BCUT2D eigenvalue weighted by Crippen LogP contribution is 2.05. The first-order valence-electron chi connectivity index (χ1n) is 6.97. The quantitative estimate of drug-likeness (QED) is 0.612. The Bertz CT molecular complexity index is 446. The van der Waals surface area contributed by atoms with Crippen LogP contribution in [0.1, 0.15) is 18.9 Å². The maximum Gasteiger partial charge on any atom is 0.312 e. The fraction of sp³-hybridized carbons (Fsp3) is 0.467. The smallest absolute Gasteiger partial charge is 0.312 e. The predicted octanol–water partition coefficient (Wildman–Crippen LogP) is -0.105. The molecule has 0 fully saturated rings. The first kappa shape index (κ1) is 17.1. The lowest BCUT2D eigenvalue weighted by molar-refractivity contribution is -0.147. The minimum Gasteiger partial charge on any atom is -0.395 e. The molecule has 116 valence electrons. The molecule has 1 atom stereocenters. The average Bonchev–Trinajstić information content (AvgIpc) is 2.52. The van der Waals surface area contributed by atoms with E-state index in [1.165, 1.54) is 4.90 Å². The number of nitrogens with one attached hydrogen (secondary N) is 1. The summed E-state index contributed by atoms with van der Waals surface area (Å²) < 4.78 is 0. The molecule has 1 aromatic carbocycles. The highest BCUT2D eigenvalue weighted by molar-refractivity contribution is 6.35. The lowest BCUT2D eigenvalue weighted by Crippen LogP contribution is -2.47. The van der Waals surface area contributed by atoms with Gasteiger partial charge in [-0.15, -0.1) is 0 Å². The van der Waals surface area contributed by atoms with Crippen molar-refractivity contribution in [2.24, 2.45) is 0 Å². The summed E-state index contributed by atoms with van der Waals surface area (Å²) in [7, 11) is 0.